The summed E-state index contributed by atoms with van der Waals surface area (Å²) in [6.45, 7) is 1.73. The van der Waals surface area contributed by atoms with Crippen LogP contribution in [-0.4, -0.2) is 44.3 Å². The van der Waals surface area contributed by atoms with Crippen LogP contribution in [0.15, 0.2) is 41.7 Å². The van der Waals surface area contributed by atoms with E-state index in [1.807, 2.05) is 24.3 Å². The Morgan fingerprint density at radius 1 is 0.897 bits per heavy atom. The third-order valence-corrected chi connectivity index (χ3v) is 4.86. The zero-order chi connectivity index (χ0) is 21.0. The summed E-state index contributed by atoms with van der Waals surface area (Å²) in [7, 11) is 6.37. The summed E-state index contributed by atoms with van der Waals surface area (Å²) in [6.07, 6.45) is 2.26. The van der Waals surface area contributed by atoms with Crippen LogP contribution in [-0.2, 0) is 6.42 Å². The normalized spacial score (nSPS) is 11.4. The van der Waals surface area contributed by atoms with Crippen LogP contribution in [0.1, 0.15) is 23.7 Å². The number of pyridine rings is 1. The van der Waals surface area contributed by atoms with Crippen LogP contribution >= 0.6 is 0 Å². The Balaban J connectivity index is 2.18. The van der Waals surface area contributed by atoms with E-state index < -0.39 is 0 Å². The van der Waals surface area contributed by atoms with E-state index in [1.165, 1.54) is 0 Å². The predicted octanol–water partition coefficient (Wildman–Crippen LogP) is 4.06. The number of fused-ring (bicyclic) bond motifs is 1. The largest absolute Gasteiger partial charge is 0.493 e. The maximum atomic E-state index is 9.34. The summed E-state index contributed by atoms with van der Waals surface area (Å²) in [4.78, 5) is 4.59. The molecule has 3 rings (SSSR count). The van der Waals surface area contributed by atoms with Gasteiger partial charge in [-0.15, -0.1) is 0 Å². The fraction of sp³-hybridized carbons (Fsp3) is 0.273. The standard InChI is InChI=1S/C22H24N2O5/c1-13(24-25)16-11-21(28-4)20(27-3)10-15(16)8-18-17-12-22(29-5)19(26-2)9-14(17)6-7-23-18/h6-7,9-12,25H,8H2,1-5H3/b24-13-. The van der Waals surface area contributed by atoms with E-state index in [4.69, 9.17) is 18.9 Å². The number of rotatable bonds is 7. The minimum absolute atomic E-state index is 0.473. The van der Waals surface area contributed by atoms with E-state index in [0.29, 0.717) is 35.1 Å². The minimum Gasteiger partial charge on any atom is -0.493 e. The van der Waals surface area contributed by atoms with Crippen LogP contribution in [0, 0.1) is 0 Å². The summed E-state index contributed by atoms with van der Waals surface area (Å²) in [6, 6.07) is 9.46. The fourth-order valence-corrected chi connectivity index (χ4v) is 3.34. The third kappa shape index (κ3) is 3.89. The molecular weight excluding hydrogens is 372 g/mol. The number of hydrogen-bond donors (Lipinski definition) is 1. The van der Waals surface area contributed by atoms with Crippen molar-refractivity contribution >= 4 is 16.5 Å². The van der Waals surface area contributed by atoms with Gasteiger partial charge in [-0.05, 0) is 48.2 Å². The Morgan fingerprint density at radius 2 is 1.48 bits per heavy atom. The maximum Gasteiger partial charge on any atom is 0.161 e. The molecule has 0 bridgehead atoms. The minimum atomic E-state index is 0.473. The zero-order valence-electron chi connectivity index (χ0n) is 17.1. The van der Waals surface area contributed by atoms with Crippen LogP contribution < -0.4 is 18.9 Å². The molecule has 7 heteroatoms. The van der Waals surface area contributed by atoms with Gasteiger partial charge in [-0.1, -0.05) is 5.16 Å². The first-order valence-corrected chi connectivity index (χ1v) is 8.99. The topological polar surface area (TPSA) is 82.4 Å². The van der Waals surface area contributed by atoms with E-state index >= 15 is 0 Å². The van der Waals surface area contributed by atoms with Crippen molar-refractivity contribution < 1.29 is 24.2 Å². The molecule has 29 heavy (non-hydrogen) atoms. The van der Waals surface area contributed by atoms with Gasteiger partial charge in [0.25, 0.3) is 0 Å². The molecule has 0 saturated carbocycles. The second-order valence-corrected chi connectivity index (χ2v) is 6.41. The van der Waals surface area contributed by atoms with Crippen molar-refractivity contribution in [2.45, 2.75) is 13.3 Å². The highest BCUT2D eigenvalue weighted by Gasteiger charge is 2.17. The molecule has 7 nitrogen and oxygen atoms in total. The molecule has 0 aliphatic heterocycles. The molecule has 2 aromatic carbocycles. The third-order valence-electron chi connectivity index (χ3n) is 4.86. The van der Waals surface area contributed by atoms with Crippen molar-refractivity contribution in [1.29, 1.82) is 0 Å². The molecule has 0 spiro atoms. The molecule has 152 valence electrons. The fourth-order valence-electron chi connectivity index (χ4n) is 3.34. The second-order valence-electron chi connectivity index (χ2n) is 6.41. The highest BCUT2D eigenvalue weighted by molar-refractivity contribution is 6.00. The molecule has 0 amide bonds. The highest BCUT2D eigenvalue weighted by Crippen LogP contribution is 2.35. The number of methoxy groups -OCH3 is 4. The molecule has 3 aromatic rings. The van der Waals surface area contributed by atoms with E-state index in [2.05, 4.69) is 10.1 Å². The molecule has 0 saturated heterocycles. The lowest BCUT2D eigenvalue weighted by atomic mass is 9.96. The molecule has 1 heterocycles. The van der Waals surface area contributed by atoms with E-state index in [9.17, 15) is 5.21 Å². The number of oxime groups is 1. The molecule has 0 fully saturated rings. The van der Waals surface area contributed by atoms with Crippen molar-refractivity contribution in [2.75, 3.05) is 28.4 Å². The first-order chi connectivity index (χ1) is 14.1. The lowest BCUT2D eigenvalue weighted by molar-refractivity contribution is 0.319. The summed E-state index contributed by atoms with van der Waals surface area (Å²) < 4.78 is 21.7. The van der Waals surface area contributed by atoms with Gasteiger partial charge in [0.1, 0.15) is 0 Å². The van der Waals surface area contributed by atoms with Crippen LogP contribution in [0.25, 0.3) is 10.8 Å². The lowest BCUT2D eigenvalue weighted by Gasteiger charge is -2.16. The second kappa shape index (κ2) is 8.68. The van der Waals surface area contributed by atoms with Gasteiger partial charge >= 0.3 is 0 Å². The molecule has 0 unspecified atom stereocenters. The molecule has 1 aromatic heterocycles. The quantitative estimate of drug-likeness (QED) is 0.368. The maximum absolute atomic E-state index is 9.34. The van der Waals surface area contributed by atoms with E-state index in [0.717, 1.165) is 27.6 Å². The van der Waals surface area contributed by atoms with E-state index in [-0.39, 0.29) is 0 Å². The van der Waals surface area contributed by atoms with Gasteiger partial charge in [0.15, 0.2) is 23.0 Å². The molecule has 0 radical (unpaired) electrons. The van der Waals surface area contributed by atoms with Crippen molar-refractivity contribution in [3.63, 3.8) is 0 Å². The van der Waals surface area contributed by atoms with Gasteiger partial charge in [0.2, 0.25) is 0 Å². The average Bonchev–Trinajstić information content (AvgIpc) is 2.77. The smallest absolute Gasteiger partial charge is 0.161 e. The molecule has 0 atom stereocenters. The van der Waals surface area contributed by atoms with Gasteiger partial charge in [0.05, 0.1) is 39.8 Å². The van der Waals surface area contributed by atoms with Crippen LogP contribution in [0.3, 0.4) is 0 Å². The number of ether oxygens (including phenoxy) is 4. The van der Waals surface area contributed by atoms with Crippen molar-refractivity contribution in [3.05, 3.63) is 53.3 Å². The first-order valence-electron chi connectivity index (χ1n) is 8.99. The van der Waals surface area contributed by atoms with Gasteiger partial charge in [-0.2, -0.15) is 0 Å². The predicted molar refractivity (Wildman–Crippen MR) is 111 cm³/mol. The van der Waals surface area contributed by atoms with Crippen molar-refractivity contribution in [2.24, 2.45) is 5.16 Å². The van der Waals surface area contributed by atoms with E-state index in [1.54, 1.807) is 47.6 Å². The zero-order valence-corrected chi connectivity index (χ0v) is 17.1. The van der Waals surface area contributed by atoms with Crippen LogP contribution in [0.4, 0.5) is 0 Å². The van der Waals surface area contributed by atoms with Gasteiger partial charge < -0.3 is 24.2 Å². The first kappa shape index (κ1) is 20.3. The molecule has 0 aliphatic carbocycles. The SMILES string of the molecule is COc1cc(Cc2nccc3cc(OC)c(OC)cc23)c(/C(C)=N\O)cc1OC. The van der Waals surface area contributed by atoms with Crippen LogP contribution in [0.2, 0.25) is 0 Å². The number of benzene rings is 2. The molecular formula is C22H24N2O5. The average molecular weight is 396 g/mol. The Kier molecular flexibility index (Phi) is 6.07. The number of nitrogens with zero attached hydrogens (tertiary/aromatic N) is 2. The van der Waals surface area contributed by atoms with Crippen molar-refractivity contribution in [1.82, 2.24) is 4.98 Å². The Bertz CT molecular complexity index is 1060. The molecule has 0 aliphatic rings. The highest BCUT2D eigenvalue weighted by atomic mass is 16.5. The summed E-state index contributed by atoms with van der Waals surface area (Å²) in [5.74, 6) is 2.45. The summed E-state index contributed by atoms with van der Waals surface area (Å²) in [5.41, 5.74) is 2.97. The number of aromatic nitrogens is 1. The lowest BCUT2D eigenvalue weighted by Crippen LogP contribution is -2.05. The Morgan fingerprint density at radius 3 is 2.10 bits per heavy atom. The number of hydrogen-bond acceptors (Lipinski definition) is 7. The monoisotopic (exact) mass is 396 g/mol. The van der Waals surface area contributed by atoms with Gasteiger partial charge in [0, 0.05) is 23.6 Å². The summed E-state index contributed by atoms with van der Waals surface area (Å²) in [5, 5.41) is 14.6. The molecule has 1 N–H and O–H groups in total. The van der Waals surface area contributed by atoms with Crippen molar-refractivity contribution in [3.8, 4) is 23.0 Å². The summed E-state index contributed by atoms with van der Waals surface area (Å²) >= 11 is 0. The van der Waals surface area contributed by atoms with Crippen LogP contribution in [0.5, 0.6) is 23.0 Å². The Hall–Kier alpha value is -3.48. The Labute approximate surface area is 169 Å². The van der Waals surface area contributed by atoms with Gasteiger partial charge in [-0.25, -0.2) is 0 Å². The van der Waals surface area contributed by atoms with Gasteiger partial charge in [-0.3, -0.25) is 4.98 Å².